The van der Waals surface area contributed by atoms with E-state index in [9.17, 15) is 4.79 Å². The number of fused-ring (bicyclic) bond motifs is 1. The Kier molecular flexibility index (Phi) is 4.37. The SMILES string of the molecule is COc1ccccc1C(=O)Nc1c(C)cc2nc(NN)sc2c1C. The first kappa shape index (κ1) is 16.2. The summed E-state index contributed by atoms with van der Waals surface area (Å²) in [6, 6.07) is 9.08. The second-order valence-electron chi connectivity index (χ2n) is 5.36. The maximum Gasteiger partial charge on any atom is 0.259 e. The summed E-state index contributed by atoms with van der Waals surface area (Å²) in [5, 5.41) is 3.64. The van der Waals surface area contributed by atoms with E-state index >= 15 is 0 Å². The highest BCUT2D eigenvalue weighted by Crippen LogP contribution is 2.35. The van der Waals surface area contributed by atoms with Crippen molar-refractivity contribution in [1.82, 2.24) is 4.98 Å². The Morgan fingerprint density at radius 2 is 2.04 bits per heavy atom. The number of nitrogens with two attached hydrogens (primary N) is 1. The number of rotatable bonds is 4. The number of hydrazine groups is 1. The number of thiazole rings is 1. The average Bonchev–Trinajstić information content (AvgIpc) is 3.01. The lowest BCUT2D eigenvalue weighted by atomic mass is 10.1. The normalized spacial score (nSPS) is 10.7. The molecule has 6 nitrogen and oxygen atoms in total. The van der Waals surface area contributed by atoms with E-state index < -0.39 is 0 Å². The molecule has 0 aliphatic rings. The summed E-state index contributed by atoms with van der Waals surface area (Å²) >= 11 is 1.45. The van der Waals surface area contributed by atoms with Crippen LogP contribution in [0.3, 0.4) is 0 Å². The zero-order valence-electron chi connectivity index (χ0n) is 13.6. The highest BCUT2D eigenvalue weighted by atomic mass is 32.1. The van der Waals surface area contributed by atoms with Gasteiger partial charge in [0.05, 0.1) is 22.9 Å². The predicted molar refractivity (Wildman–Crippen MR) is 97.9 cm³/mol. The van der Waals surface area contributed by atoms with Gasteiger partial charge in [0.1, 0.15) is 5.75 Å². The van der Waals surface area contributed by atoms with Crippen molar-refractivity contribution < 1.29 is 9.53 Å². The number of aromatic nitrogens is 1. The molecule has 124 valence electrons. The number of nitrogen functional groups attached to an aromatic ring is 1. The molecule has 4 N–H and O–H groups in total. The molecule has 0 aliphatic heterocycles. The number of nitrogens with zero attached hydrogens (tertiary/aromatic N) is 1. The fourth-order valence-corrected chi connectivity index (χ4v) is 3.51. The number of benzene rings is 2. The molecule has 1 heterocycles. The van der Waals surface area contributed by atoms with Crippen LogP contribution in [-0.4, -0.2) is 18.0 Å². The molecular formula is C17H18N4O2S. The van der Waals surface area contributed by atoms with Gasteiger partial charge in [-0.1, -0.05) is 23.5 Å². The predicted octanol–water partition coefficient (Wildman–Crippen LogP) is 3.46. The number of amides is 1. The second kappa shape index (κ2) is 6.46. The standard InChI is InChI=1S/C17H18N4O2S/c1-9-8-12-15(24-17(19-12)21-18)10(2)14(9)20-16(22)11-6-4-5-7-13(11)23-3/h4-8H,18H2,1-3H3,(H,19,21)(H,20,22). The van der Waals surface area contributed by atoms with Gasteiger partial charge in [-0.05, 0) is 43.2 Å². The number of hydrogen-bond donors (Lipinski definition) is 3. The summed E-state index contributed by atoms with van der Waals surface area (Å²) in [6.45, 7) is 3.91. The van der Waals surface area contributed by atoms with Gasteiger partial charge in [0, 0.05) is 5.69 Å². The number of methoxy groups -OCH3 is 1. The summed E-state index contributed by atoms with van der Waals surface area (Å²) in [5.74, 6) is 5.77. The zero-order chi connectivity index (χ0) is 17.3. The molecule has 0 bridgehead atoms. The lowest BCUT2D eigenvalue weighted by Crippen LogP contribution is -2.14. The first-order valence-electron chi connectivity index (χ1n) is 7.37. The molecule has 1 amide bonds. The topological polar surface area (TPSA) is 89.3 Å². The quantitative estimate of drug-likeness (QED) is 0.499. The van der Waals surface area contributed by atoms with Gasteiger partial charge in [0.15, 0.2) is 5.13 Å². The number of para-hydroxylation sites is 1. The fraction of sp³-hybridized carbons (Fsp3) is 0.176. The Hall–Kier alpha value is -2.64. The van der Waals surface area contributed by atoms with Gasteiger partial charge in [-0.15, -0.1) is 0 Å². The number of aryl methyl sites for hydroxylation is 2. The third kappa shape index (κ3) is 2.79. The van der Waals surface area contributed by atoms with Crippen LogP contribution in [0.4, 0.5) is 10.8 Å². The van der Waals surface area contributed by atoms with E-state index in [0.717, 1.165) is 27.0 Å². The van der Waals surface area contributed by atoms with Crippen molar-refractivity contribution in [1.29, 1.82) is 0 Å². The number of nitrogens with one attached hydrogen (secondary N) is 2. The number of carbonyl (C=O) groups is 1. The Balaban J connectivity index is 2.02. The molecule has 0 atom stereocenters. The molecule has 1 aromatic heterocycles. The van der Waals surface area contributed by atoms with Crippen LogP contribution in [0.2, 0.25) is 0 Å². The average molecular weight is 342 g/mol. The van der Waals surface area contributed by atoms with Crippen molar-refractivity contribution in [2.75, 3.05) is 17.9 Å². The molecule has 3 aromatic rings. The van der Waals surface area contributed by atoms with Crippen LogP contribution in [0.1, 0.15) is 21.5 Å². The number of hydrogen-bond acceptors (Lipinski definition) is 6. The first-order chi connectivity index (χ1) is 11.5. The molecular weight excluding hydrogens is 324 g/mol. The molecule has 0 saturated carbocycles. The van der Waals surface area contributed by atoms with Crippen LogP contribution in [0, 0.1) is 13.8 Å². The van der Waals surface area contributed by atoms with Crippen molar-refractivity contribution in [2.45, 2.75) is 13.8 Å². The Morgan fingerprint density at radius 1 is 1.29 bits per heavy atom. The summed E-state index contributed by atoms with van der Waals surface area (Å²) in [7, 11) is 1.55. The van der Waals surface area contributed by atoms with Crippen LogP contribution < -0.4 is 21.3 Å². The van der Waals surface area contributed by atoms with Gasteiger partial charge in [-0.3, -0.25) is 10.2 Å². The molecule has 2 aromatic carbocycles. The third-order valence-electron chi connectivity index (χ3n) is 3.83. The molecule has 0 saturated heterocycles. The molecule has 0 radical (unpaired) electrons. The van der Waals surface area contributed by atoms with Gasteiger partial charge >= 0.3 is 0 Å². The fourth-order valence-electron chi connectivity index (χ4n) is 2.65. The first-order valence-corrected chi connectivity index (χ1v) is 8.18. The minimum absolute atomic E-state index is 0.209. The van der Waals surface area contributed by atoms with Crippen molar-refractivity contribution in [3.8, 4) is 5.75 Å². The molecule has 3 rings (SSSR count). The number of carbonyl (C=O) groups excluding carboxylic acids is 1. The Morgan fingerprint density at radius 3 is 2.75 bits per heavy atom. The van der Waals surface area contributed by atoms with Crippen molar-refractivity contribution in [3.63, 3.8) is 0 Å². The van der Waals surface area contributed by atoms with E-state index in [1.54, 1.807) is 19.2 Å². The van der Waals surface area contributed by atoms with Gasteiger partial charge in [0.25, 0.3) is 5.91 Å². The largest absolute Gasteiger partial charge is 0.496 e. The lowest BCUT2D eigenvalue weighted by molar-refractivity contribution is 0.102. The highest BCUT2D eigenvalue weighted by Gasteiger charge is 2.17. The van der Waals surface area contributed by atoms with Crippen molar-refractivity contribution >= 4 is 38.3 Å². The summed E-state index contributed by atoms with van der Waals surface area (Å²) in [5.41, 5.74) is 6.61. The van der Waals surface area contributed by atoms with E-state index in [4.69, 9.17) is 10.6 Å². The number of ether oxygens (including phenoxy) is 1. The van der Waals surface area contributed by atoms with Crippen molar-refractivity contribution in [3.05, 3.63) is 47.0 Å². The van der Waals surface area contributed by atoms with Gasteiger partial charge in [-0.25, -0.2) is 10.8 Å². The van der Waals surface area contributed by atoms with Gasteiger partial charge < -0.3 is 10.1 Å². The van der Waals surface area contributed by atoms with Crippen LogP contribution in [-0.2, 0) is 0 Å². The number of anilines is 2. The van der Waals surface area contributed by atoms with Crippen LogP contribution in [0.5, 0.6) is 5.75 Å². The second-order valence-corrected chi connectivity index (χ2v) is 6.36. The van der Waals surface area contributed by atoms with Crippen molar-refractivity contribution in [2.24, 2.45) is 5.84 Å². The van der Waals surface area contributed by atoms with E-state index in [2.05, 4.69) is 15.7 Å². The summed E-state index contributed by atoms with van der Waals surface area (Å²) in [6.07, 6.45) is 0. The lowest BCUT2D eigenvalue weighted by Gasteiger charge is -2.13. The molecule has 0 spiro atoms. The minimum Gasteiger partial charge on any atom is -0.496 e. The Bertz CT molecular complexity index is 920. The van der Waals surface area contributed by atoms with E-state index in [1.807, 2.05) is 32.0 Å². The summed E-state index contributed by atoms with van der Waals surface area (Å²) < 4.78 is 6.25. The Labute approximate surface area is 143 Å². The van der Waals surface area contributed by atoms with E-state index in [1.165, 1.54) is 11.3 Å². The maximum absolute atomic E-state index is 12.7. The highest BCUT2D eigenvalue weighted by molar-refractivity contribution is 7.22. The minimum atomic E-state index is -0.209. The molecule has 0 fully saturated rings. The summed E-state index contributed by atoms with van der Waals surface area (Å²) in [4.78, 5) is 17.1. The van der Waals surface area contributed by atoms with Crippen LogP contribution in [0.15, 0.2) is 30.3 Å². The monoisotopic (exact) mass is 342 g/mol. The van der Waals surface area contributed by atoms with E-state index in [0.29, 0.717) is 16.4 Å². The molecule has 0 aliphatic carbocycles. The molecule has 7 heteroatoms. The van der Waals surface area contributed by atoms with Crippen LogP contribution in [0.25, 0.3) is 10.2 Å². The molecule has 24 heavy (non-hydrogen) atoms. The smallest absolute Gasteiger partial charge is 0.259 e. The van der Waals surface area contributed by atoms with E-state index in [-0.39, 0.29) is 5.91 Å². The molecule has 0 unspecified atom stereocenters. The van der Waals surface area contributed by atoms with Crippen LogP contribution >= 0.6 is 11.3 Å². The zero-order valence-corrected chi connectivity index (χ0v) is 14.5. The van der Waals surface area contributed by atoms with Gasteiger partial charge in [0.2, 0.25) is 0 Å². The maximum atomic E-state index is 12.7. The third-order valence-corrected chi connectivity index (χ3v) is 4.95. The van der Waals surface area contributed by atoms with Gasteiger partial charge in [-0.2, -0.15) is 0 Å².